The minimum Gasteiger partial charge on any atom is -0.326 e. The van der Waals surface area contributed by atoms with Gasteiger partial charge in [0.1, 0.15) is 0 Å². The van der Waals surface area contributed by atoms with E-state index in [1.165, 1.54) is 0 Å². The zero-order valence-corrected chi connectivity index (χ0v) is 14.7. The normalized spacial score (nSPS) is 10.6. The van der Waals surface area contributed by atoms with Gasteiger partial charge in [-0.05, 0) is 53.6 Å². The van der Waals surface area contributed by atoms with Crippen LogP contribution in [0.2, 0.25) is 0 Å². The highest BCUT2D eigenvalue weighted by Crippen LogP contribution is 2.18. The van der Waals surface area contributed by atoms with Gasteiger partial charge in [-0.2, -0.15) is 4.68 Å². The zero-order valence-electron chi connectivity index (χ0n) is 13.1. The van der Waals surface area contributed by atoms with Crippen molar-refractivity contribution in [1.82, 2.24) is 20.2 Å². The molecule has 0 unspecified atom stereocenters. The molecule has 1 N–H and O–H groups in total. The van der Waals surface area contributed by atoms with Crippen LogP contribution in [0.15, 0.2) is 53.0 Å². The van der Waals surface area contributed by atoms with Crippen LogP contribution in [0, 0.1) is 6.92 Å². The van der Waals surface area contributed by atoms with Gasteiger partial charge in [0.05, 0.1) is 5.69 Å². The number of rotatable bonds is 5. The van der Waals surface area contributed by atoms with Gasteiger partial charge in [-0.1, -0.05) is 40.2 Å². The predicted molar refractivity (Wildman–Crippen MR) is 95.0 cm³/mol. The second kappa shape index (κ2) is 7.35. The highest BCUT2D eigenvalue weighted by atomic mass is 79.9. The number of benzene rings is 2. The number of halogens is 1. The Balaban J connectivity index is 1.65. The number of nitrogens with zero attached hydrogens (tertiary/aromatic N) is 4. The minimum atomic E-state index is -0.0312. The first-order chi connectivity index (χ1) is 11.6. The van der Waals surface area contributed by atoms with Crippen LogP contribution >= 0.6 is 15.9 Å². The Morgan fingerprint density at radius 2 is 2.04 bits per heavy atom. The highest BCUT2D eigenvalue weighted by molar-refractivity contribution is 9.10. The summed E-state index contributed by atoms with van der Waals surface area (Å²) in [7, 11) is 0. The van der Waals surface area contributed by atoms with Crippen molar-refractivity contribution in [3.63, 3.8) is 0 Å². The SMILES string of the molecule is Cc1nnnn1-c1cccc(NC(=O)CCc2ccccc2Br)c1. The van der Waals surface area contributed by atoms with Crippen molar-refractivity contribution in [1.29, 1.82) is 0 Å². The van der Waals surface area contributed by atoms with Crippen molar-refractivity contribution in [2.45, 2.75) is 19.8 Å². The number of hydrogen-bond acceptors (Lipinski definition) is 4. The Hall–Kier alpha value is -2.54. The van der Waals surface area contributed by atoms with Crippen LogP contribution in [0.1, 0.15) is 17.8 Å². The summed E-state index contributed by atoms with van der Waals surface area (Å²) in [5.74, 6) is 0.656. The molecule has 0 saturated carbocycles. The largest absolute Gasteiger partial charge is 0.326 e. The van der Waals surface area contributed by atoms with Crippen molar-refractivity contribution in [3.05, 3.63) is 64.4 Å². The second-order valence-corrected chi connectivity index (χ2v) is 6.18. The smallest absolute Gasteiger partial charge is 0.224 e. The summed E-state index contributed by atoms with van der Waals surface area (Å²) >= 11 is 3.50. The van der Waals surface area contributed by atoms with Crippen LogP contribution in [0.5, 0.6) is 0 Å². The van der Waals surface area contributed by atoms with Gasteiger partial charge in [-0.3, -0.25) is 4.79 Å². The summed E-state index contributed by atoms with van der Waals surface area (Å²) < 4.78 is 2.64. The van der Waals surface area contributed by atoms with Crippen LogP contribution in [0.3, 0.4) is 0 Å². The summed E-state index contributed by atoms with van der Waals surface area (Å²) in [4.78, 5) is 12.2. The average molecular weight is 386 g/mol. The molecule has 0 saturated heterocycles. The maximum absolute atomic E-state index is 12.2. The molecule has 24 heavy (non-hydrogen) atoms. The molecule has 0 aliphatic carbocycles. The Morgan fingerprint density at radius 3 is 2.79 bits per heavy atom. The molecule has 1 amide bonds. The molecular weight excluding hydrogens is 370 g/mol. The third kappa shape index (κ3) is 3.86. The third-order valence-corrected chi connectivity index (χ3v) is 4.35. The molecule has 0 aliphatic rings. The molecule has 3 aromatic rings. The number of hydrogen-bond donors (Lipinski definition) is 1. The van der Waals surface area contributed by atoms with Gasteiger partial charge in [0.15, 0.2) is 5.82 Å². The number of carbonyl (C=O) groups is 1. The van der Waals surface area contributed by atoms with Crippen molar-refractivity contribution >= 4 is 27.5 Å². The number of amides is 1. The lowest BCUT2D eigenvalue weighted by Crippen LogP contribution is -2.13. The Labute approximate surface area is 148 Å². The van der Waals surface area contributed by atoms with Crippen molar-refractivity contribution in [2.75, 3.05) is 5.32 Å². The monoisotopic (exact) mass is 385 g/mol. The fourth-order valence-corrected chi connectivity index (χ4v) is 2.84. The van der Waals surface area contributed by atoms with E-state index >= 15 is 0 Å². The van der Waals surface area contributed by atoms with Gasteiger partial charge in [0.2, 0.25) is 5.91 Å². The molecular formula is C17H16BrN5O. The highest BCUT2D eigenvalue weighted by Gasteiger charge is 2.08. The maximum atomic E-state index is 12.2. The molecule has 0 aliphatic heterocycles. The van der Waals surface area contributed by atoms with Gasteiger partial charge in [0.25, 0.3) is 0 Å². The first kappa shape index (κ1) is 16.3. The van der Waals surface area contributed by atoms with Crippen LogP contribution < -0.4 is 5.32 Å². The van der Waals surface area contributed by atoms with E-state index in [-0.39, 0.29) is 5.91 Å². The van der Waals surface area contributed by atoms with E-state index in [2.05, 4.69) is 36.8 Å². The third-order valence-electron chi connectivity index (χ3n) is 3.58. The Bertz CT molecular complexity index is 861. The van der Waals surface area contributed by atoms with Gasteiger partial charge in [-0.25, -0.2) is 0 Å². The van der Waals surface area contributed by atoms with E-state index in [1.807, 2.05) is 55.5 Å². The number of tetrazole rings is 1. The number of carbonyl (C=O) groups excluding carboxylic acids is 1. The molecule has 2 aromatic carbocycles. The first-order valence-corrected chi connectivity index (χ1v) is 8.31. The molecule has 6 nitrogen and oxygen atoms in total. The quantitative estimate of drug-likeness (QED) is 0.730. The van der Waals surface area contributed by atoms with Gasteiger partial charge in [0, 0.05) is 16.6 Å². The standard InChI is InChI=1S/C17H16BrN5O/c1-12-20-21-22-23(12)15-7-4-6-14(11-15)19-17(24)10-9-13-5-2-3-8-16(13)18/h2-8,11H,9-10H2,1H3,(H,19,24). The van der Waals surface area contributed by atoms with E-state index in [9.17, 15) is 4.79 Å². The summed E-state index contributed by atoms with van der Waals surface area (Å²) in [6.45, 7) is 1.82. The zero-order chi connectivity index (χ0) is 16.9. The fraction of sp³-hybridized carbons (Fsp3) is 0.176. The van der Waals surface area contributed by atoms with Gasteiger partial charge in [-0.15, -0.1) is 5.10 Å². The fourth-order valence-electron chi connectivity index (χ4n) is 2.36. The summed E-state index contributed by atoms with van der Waals surface area (Å²) in [6.07, 6.45) is 1.09. The van der Waals surface area contributed by atoms with Crippen molar-refractivity contribution in [3.8, 4) is 5.69 Å². The summed E-state index contributed by atoms with van der Waals surface area (Å²) in [5, 5.41) is 14.3. The number of anilines is 1. The molecule has 7 heteroatoms. The summed E-state index contributed by atoms with van der Waals surface area (Å²) in [5.41, 5.74) is 2.64. The van der Waals surface area contributed by atoms with E-state index < -0.39 is 0 Å². The van der Waals surface area contributed by atoms with E-state index in [4.69, 9.17) is 0 Å². The van der Waals surface area contributed by atoms with E-state index in [0.717, 1.165) is 21.4 Å². The van der Waals surface area contributed by atoms with Crippen molar-refractivity contribution < 1.29 is 4.79 Å². The molecule has 0 spiro atoms. The molecule has 0 atom stereocenters. The minimum absolute atomic E-state index is 0.0312. The first-order valence-electron chi connectivity index (χ1n) is 7.52. The molecule has 3 rings (SSSR count). The Kier molecular flexibility index (Phi) is 5.00. The molecule has 0 radical (unpaired) electrons. The van der Waals surface area contributed by atoms with Crippen LogP contribution in [0.4, 0.5) is 5.69 Å². The topological polar surface area (TPSA) is 72.7 Å². The van der Waals surface area contributed by atoms with Gasteiger partial charge < -0.3 is 5.32 Å². The number of aromatic nitrogens is 4. The van der Waals surface area contributed by atoms with Crippen LogP contribution in [0.25, 0.3) is 5.69 Å². The molecule has 1 aromatic heterocycles. The lowest BCUT2D eigenvalue weighted by Gasteiger charge is -2.08. The molecule has 0 bridgehead atoms. The average Bonchev–Trinajstić information content (AvgIpc) is 3.00. The number of nitrogens with one attached hydrogen (secondary N) is 1. The number of aryl methyl sites for hydroxylation is 2. The molecule has 122 valence electrons. The van der Waals surface area contributed by atoms with Crippen LogP contribution in [-0.2, 0) is 11.2 Å². The lowest BCUT2D eigenvalue weighted by atomic mass is 10.1. The maximum Gasteiger partial charge on any atom is 0.224 e. The van der Waals surface area contributed by atoms with E-state index in [1.54, 1.807) is 4.68 Å². The second-order valence-electron chi connectivity index (χ2n) is 5.33. The lowest BCUT2D eigenvalue weighted by molar-refractivity contribution is -0.116. The van der Waals surface area contributed by atoms with Crippen molar-refractivity contribution in [2.24, 2.45) is 0 Å². The van der Waals surface area contributed by atoms with E-state index in [0.29, 0.717) is 18.7 Å². The molecule has 1 heterocycles. The van der Waals surface area contributed by atoms with Gasteiger partial charge >= 0.3 is 0 Å². The Morgan fingerprint density at radius 1 is 1.21 bits per heavy atom. The predicted octanol–water partition coefficient (Wildman–Crippen LogP) is 3.30. The van der Waals surface area contributed by atoms with Crippen LogP contribution in [-0.4, -0.2) is 26.1 Å². The molecule has 0 fully saturated rings. The summed E-state index contributed by atoms with van der Waals surface area (Å²) in [6, 6.07) is 15.4.